The molecule has 1 rings (SSSR count). The maximum atomic E-state index is 12.9. The highest BCUT2D eigenvalue weighted by molar-refractivity contribution is 9.09. The third-order valence-electron chi connectivity index (χ3n) is 2.24. The van der Waals surface area contributed by atoms with Crippen LogP contribution in [0.2, 0.25) is 0 Å². The summed E-state index contributed by atoms with van der Waals surface area (Å²) in [6.45, 7) is 2.08. The molecule has 0 N–H and O–H groups in total. The first-order valence-corrected chi connectivity index (χ1v) is 5.82. The number of hydrogen-bond donors (Lipinski definition) is 0. The van der Waals surface area contributed by atoms with Crippen LogP contribution in [0.25, 0.3) is 0 Å². The Balaban J connectivity index is 2.88. The summed E-state index contributed by atoms with van der Waals surface area (Å²) < 4.78 is 25.6. The summed E-state index contributed by atoms with van der Waals surface area (Å²) in [5.41, 5.74) is 0.864. The van der Waals surface area contributed by atoms with Gasteiger partial charge in [-0.15, -0.1) is 0 Å². The Morgan fingerprint density at radius 2 is 2.00 bits per heavy atom. The van der Waals surface area contributed by atoms with Crippen molar-refractivity contribution in [3.05, 3.63) is 35.4 Å². The molecule has 0 radical (unpaired) electrons. The van der Waals surface area contributed by atoms with Gasteiger partial charge in [-0.05, 0) is 30.0 Å². The summed E-state index contributed by atoms with van der Waals surface area (Å²) in [4.78, 5) is 0. The van der Waals surface area contributed by atoms with Crippen LogP contribution in [0.5, 0.6) is 0 Å². The van der Waals surface area contributed by atoms with E-state index in [2.05, 4.69) is 22.9 Å². The van der Waals surface area contributed by atoms with E-state index in [1.54, 1.807) is 6.07 Å². The number of benzene rings is 1. The summed E-state index contributed by atoms with van der Waals surface area (Å²) in [6.07, 6.45) is 2.02. The van der Waals surface area contributed by atoms with E-state index in [1.807, 2.05) is 0 Å². The zero-order valence-electron chi connectivity index (χ0n) is 8.06. The van der Waals surface area contributed by atoms with Gasteiger partial charge in [0.2, 0.25) is 0 Å². The Labute approximate surface area is 91.5 Å². The first kappa shape index (κ1) is 11.6. The van der Waals surface area contributed by atoms with E-state index < -0.39 is 11.6 Å². The molecule has 0 spiro atoms. The largest absolute Gasteiger partial charge is 0.204 e. The first-order valence-electron chi connectivity index (χ1n) is 4.70. The van der Waals surface area contributed by atoms with Gasteiger partial charge in [-0.1, -0.05) is 35.3 Å². The summed E-state index contributed by atoms with van der Waals surface area (Å²) >= 11 is 3.38. The topological polar surface area (TPSA) is 0 Å². The van der Waals surface area contributed by atoms with Crippen LogP contribution < -0.4 is 0 Å². The van der Waals surface area contributed by atoms with Gasteiger partial charge in [-0.3, -0.25) is 0 Å². The lowest BCUT2D eigenvalue weighted by atomic mass is 9.96. The van der Waals surface area contributed by atoms with Gasteiger partial charge in [0.25, 0.3) is 0 Å². The van der Waals surface area contributed by atoms with Crippen molar-refractivity contribution in [1.29, 1.82) is 0 Å². The molecule has 0 amide bonds. The Morgan fingerprint density at radius 3 is 2.50 bits per heavy atom. The molecular formula is C11H13BrF2. The molecule has 0 bridgehead atoms. The zero-order chi connectivity index (χ0) is 10.6. The number of rotatable bonds is 4. The lowest BCUT2D eigenvalue weighted by Crippen LogP contribution is -2.01. The molecule has 0 aliphatic carbocycles. The zero-order valence-corrected chi connectivity index (χ0v) is 9.65. The van der Waals surface area contributed by atoms with Crippen LogP contribution in [-0.4, -0.2) is 5.33 Å². The molecule has 0 aliphatic heterocycles. The summed E-state index contributed by atoms with van der Waals surface area (Å²) in [5, 5.41) is 0.784. The molecule has 1 unspecified atom stereocenters. The first-order chi connectivity index (χ1) is 6.69. The Morgan fingerprint density at radius 1 is 1.29 bits per heavy atom. The second-order valence-corrected chi connectivity index (χ2v) is 3.96. The minimum absolute atomic E-state index is 0.273. The lowest BCUT2D eigenvalue weighted by Gasteiger charge is -2.13. The fourth-order valence-corrected chi connectivity index (χ4v) is 2.15. The maximum Gasteiger partial charge on any atom is 0.159 e. The Hall–Kier alpha value is -0.440. The standard InChI is InChI=1S/C11H13BrF2/c1-2-3-9(7-12)8-4-5-10(13)11(14)6-8/h4-6,9H,2-3,7H2,1H3. The van der Waals surface area contributed by atoms with Crippen molar-refractivity contribution in [3.63, 3.8) is 0 Å². The molecule has 0 nitrogen and oxygen atoms in total. The predicted molar refractivity (Wildman–Crippen MR) is 57.8 cm³/mol. The maximum absolute atomic E-state index is 12.9. The molecular weight excluding hydrogens is 250 g/mol. The van der Waals surface area contributed by atoms with Crippen molar-refractivity contribution in [2.24, 2.45) is 0 Å². The molecule has 3 heteroatoms. The average molecular weight is 263 g/mol. The van der Waals surface area contributed by atoms with Crippen LogP contribution in [0.4, 0.5) is 8.78 Å². The smallest absolute Gasteiger partial charge is 0.159 e. The van der Waals surface area contributed by atoms with E-state index in [0.29, 0.717) is 0 Å². The SMILES string of the molecule is CCCC(CBr)c1ccc(F)c(F)c1. The number of hydrogen-bond acceptors (Lipinski definition) is 0. The molecule has 78 valence electrons. The average Bonchev–Trinajstić information content (AvgIpc) is 2.19. The van der Waals surface area contributed by atoms with Crippen LogP contribution in [0, 0.1) is 11.6 Å². The monoisotopic (exact) mass is 262 g/mol. The van der Waals surface area contributed by atoms with Gasteiger partial charge in [-0.2, -0.15) is 0 Å². The molecule has 0 saturated heterocycles. The van der Waals surface area contributed by atoms with E-state index in [0.717, 1.165) is 23.7 Å². The summed E-state index contributed by atoms with van der Waals surface area (Å²) in [7, 11) is 0. The van der Waals surface area contributed by atoms with Crippen molar-refractivity contribution in [3.8, 4) is 0 Å². The van der Waals surface area contributed by atoms with Gasteiger partial charge < -0.3 is 0 Å². The molecule has 0 heterocycles. The molecule has 14 heavy (non-hydrogen) atoms. The predicted octanol–water partition coefficient (Wildman–Crippen LogP) is 4.24. The number of halogens is 3. The lowest BCUT2D eigenvalue weighted by molar-refractivity contribution is 0.505. The van der Waals surface area contributed by atoms with Crippen molar-refractivity contribution >= 4 is 15.9 Å². The van der Waals surface area contributed by atoms with E-state index >= 15 is 0 Å². The summed E-state index contributed by atoms with van der Waals surface area (Å²) in [5.74, 6) is -1.27. The van der Waals surface area contributed by atoms with E-state index in [-0.39, 0.29) is 5.92 Å². The van der Waals surface area contributed by atoms with Crippen molar-refractivity contribution in [2.75, 3.05) is 5.33 Å². The van der Waals surface area contributed by atoms with Crippen molar-refractivity contribution < 1.29 is 8.78 Å². The molecule has 1 aromatic carbocycles. The fourth-order valence-electron chi connectivity index (χ4n) is 1.45. The quantitative estimate of drug-likeness (QED) is 0.712. The minimum Gasteiger partial charge on any atom is -0.204 e. The van der Waals surface area contributed by atoms with Crippen LogP contribution in [-0.2, 0) is 0 Å². The third-order valence-corrected chi connectivity index (χ3v) is 3.02. The highest BCUT2D eigenvalue weighted by atomic mass is 79.9. The highest BCUT2D eigenvalue weighted by Crippen LogP contribution is 2.24. The van der Waals surface area contributed by atoms with Gasteiger partial charge in [-0.25, -0.2) is 8.78 Å². The molecule has 0 saturated carbocycles. The highest BCUT2D eigenvalue weighted by Gasteiger charge is 2.11. The van der Waals surface area contributed by atoms with Gasteiger partial charge in [0.05, 0.1) is 0 Å². The minimum atomic E-state index is -0.779. The van der Waals surface area contributed by atoms with Crippen LogP contribution >= 0.6 is 15.9 Å². The molecule has 0 aromatic heterocycles. The van der Waals surface area contributed by atoms with E-state index in [1.165, 1.54) is 12.1 Å². The number of alkyl halides is 1. The Kier molecular flexibility index (Phi) is 4.52. The van der Waals surface area contributed by atoms with Gasteiger partial charge in [0, 0.05) is 5.33 Å². The summed E-state index contributed by atoms with van der Waals surface area (Å²) in [6, 6.07) is 4.13. The van der Waals surface area contributed by atoms with Crippen LogP contribution in [0.3, 0.4) is 0 Å². The van der Waals surface area contributed by atoms with E-state index in [4.69, 9.17) is 0 Å². The van der Waals surface area contributed by atoms with Crippen molar-refractivity contribution in [2.45, 2.75) is 25.7 Å². The molecule has 0 fully saturated rings. The second kappa shape index (κ2) is 5.44. The Bertz CT molecular complexity index is 299. The molecule has 0 aliphatic rings. The van der Waals surface area contributed by atoms with Crippen LogP contribution in [0.1, 0.15) is 31.2 Å². The fraction of sp³-hybridized carbons (Fsp3) is 0.455. The third kappa shape index (κ3) is 2.77. The van der Waals surface area contributed by atoms with E-state index in [9.17, 15) is 8.78 Å². The second-order valence-electron chi connectivity index (χ2n) is 3.31. The molecule has 1 aromatic rings. The van der Waals surface area contributed by atoms with Crippen molar-refractivity contribution in [1.82, 2.24) is 0 Å². The van der Waals surface area contributed by atoms with Gasteiger partial charge in [0.15, 0.2) is 11.6 Å². The molecule has 1 atom stereocenters. The normalized spacial score (nSPS) is 12.9. The van der Waals surface area contributed by atoms with Gasteiger partial charge >= 0.3 is 0 Å². The van der Waals surface area contributed by atoms with Gasteiger partial charge in [0.1, 0.15) is 0 Å². The van der Waals surface area contributed by atoms with Crippen LogP contribution in [0.15, 0.2) is 18.2 Å².